The smallest absolute Gasteiger partial charge is 0.0144 e. The molecule has 0 fully saturated rings. The zero-order valence-electron chi connectivity index (χ0n) is 6.48. The first-order valence-electron chi connectivity index (χ1n) is 3.77. The van der Waals surface area contributed by atoms with Crippen molar-refractivity contribution in [3.8, 4) is 0 Å². The van der Waals surface area contributed by atoms with E-state index in [4.69, 9.17) is 5.84 Å². The summed E-state index contributed by atoms with van der Waals surface area (Å²) in [5.41, 5.74) is 0. The van der Waals surface area contributed by atoms with Crippen molar-refractivity contribution in [2.24, 2.45) is 0 Å². The lowest BCUT2D eigenvalue weighted by Gasteiger charge is -2.11. The third kappa shape index (κ3) is 5.80. The van der Waals surface area contributed by atoms with Gasteiger partial charge >= 0.3 is 0 Å². The monoisotopic (exact) mass is 129 g/mol. The van der Waals surface area contributed by atoms with Crippen molar-refractivity contribution in [1.82, 2.24) is 10.9 Å². The van der Waals surface area contributed by atoms with Gasteiger partial charge in [0.05, 0.1) is 0 Å². The highest BCUT2D eigenvalue weighted by molar-refractivity contribution is 4.44. The average Bonchev–Trinajstić information content (AvgIpc) is 1.85. The van der Waals surface area contributed by atoms with Crippen LogP contribution in [0.3, 0.4) is 0 Å². The zero-order chi connectivity index (χ0) is 7.11. The highest BCUT2D eigenvalue weighted by Gasteiger charge is 1.93. The fraction of sp³-hybridized carbons (Fsp3) is 1.00. The van der Waals surface area contributed by atoms with Gasteiger partial charge in [-0.3, -0.25) is 0 Å². The van der Waals surface area contributed by atoms with Crippen molar-refractivity contribution in [3.63, 3.8) is 0 Å². The molecule has 1 radical (unpaired) electrons. The van der Waals surface area contributed by atoms with Gasteiger partial charge in [-0.05, 0) is 12.8 Å². The largest absolute Gasteiger partial charge is 0.230 e. The molecule has 0 aliphatic carbocycles. The van der Waals surface area contributed by atoms with Crippen molar-refractivity contribution >= 4 is 0 Å². The average molecular weight is 129 g/mol. The molecule has 1 N–H and O–H groups in total. The summed E-state index contributed by atoms with van der Waals surface area (Å²) in [6.07, 6.45) is 3.44. The van der Waals surface area contributed by atoms with Crippen LogP contribution in [-0.4, -0.2) is 18.1 Å². The second-order valence-corrected chi connectivity index (χ2v) is 2.34. The van der Waals surface area contributed by atoms with E-state index in [1.807, 2.05) is 0 Å². The first-order valence-corrected chi connectivity index (χ1v) is 3.77. The maximum absolute atomic E-state index is 7.31. The lowest BCUT2D eigenvalue weighted by atomic mass is 10.3. The number of hydrogen-bond donors (Lipinski definition) is 0. The van der Waals surface area contributed by atoms with Gasteiger partial charge < -0.3 is 0 Å². The summed E-state index contributed by atoms with van der Waals surface area (Å²) in [5.74, 6) is 7.31. The molecule has 0 unspecified atom stereocenters. The molecule has 0 atom stereocenters. The van der Waals surface area contributed by atoms with Crippen LogP contribution in [0.25, 0.3) is 0 Å². The van der Waals surface area contributed by atoms with Crippen molar-refractivity contribution < 1.29 is 0 Å². The van der Waals surface area contributed by atoms with Gasteiger partial charge in [-0.2, -0.15) is 5.84 Å². The van der Waals surface area contributed by atoms with Crippen LogP contribution in [0.1, 0.15) is 33.1 Å². The Morgan fingerprint density at radius 3 is 2.22 bits per heavy atom. The first kappa shape index (κ1) is 8.92. The molecule has 0 aromatic carbocycles. The molecule has 0 amide bonds. The summed E-state index contributed by atoms with van der Waals surface area (Å²) >= 11 is 0. The fourth-order valence-electron chi connectivity index (χ4n) is 0.731. The Morgan fingerprint density at radius 1 is 1.11 bits per heavy atom. The lowest BCUT2D eigenvalue weighted by molar-refractivity contribution is 0.262. The van der Waals surface area contributed by atoms with E-state index in [9.17, 15) is 0 Å². The second-order valence-electron chi connectivity index (χ2n) is 2.34. The Hall–Kier alpha value is -0.0800. The van der Waals surface area contributed by atoms with E-state index < -0.39 is 0 Å². The van der Waals surface area contributed by atoms with Gasteiger partial charge in [0, 0.05) is 13.1 Å². The van der Waals surface area contributed by atoms with E-state index in [-0.39, 0.29) is 0 Å². The van der Waals surface area contributed by atoms with Gasteiger partial charge in [0.1, 0.15) is 0 Å². The minimum absolute atomic E-state index is 0.917. The number of unbranched alkanes of at least 4 members (excludes halogenated alkanes) is 1. The number of nitrogens with zero attached hydrogens (tertiary/aromatic N) is 1. The van der Waals surface area contributed by atoms with Crippen LogP contribution in [0.5, 0.6) is 0 Å². The molecule has 55 valence electrons. The van der Waals surface area contributed by atoms with E-state index in [0.717, 1.165) is 25.9 Å². The maximum atomic E-state index is 7.31. The molecular weight excluding hydrogens is 112 g/mol. The fourth-order valence-corrected chi connectivity index (χ4v) is 0.731. The molecule has 0 aliphatic rings. The molecule has 0 saturated heterocycles. The highest BCUT2D eigenvalue weighted by Crippen LogP contribution is 1.90. The molecule has 0 rings (SSSR count). The van der Waals surface area contributed by atoms with Crippen LogP contribution in [0, 0.1) is 0 Å². The van der Waals surface area contributed by atoms with E-state index >= 15 is 0 Å². The minimum Gasteiger partial charge on any atom is -0.230 e. The Labute approximate surface area is 58.0 Å². The van der Waals surface area contributed by atoms with Crippen LogP contribution in [0.2, 0.25) is 0 Å². The van der Waals surface area contributed by atoms with Crippen molar-refractivity contribution in [2.45, 2.75) is 33.1 Å². The van der Waals surface area contributed by atoms with Crippen LogP contribution < -0.4 is 5.84 Å². The van der Waals surface area contributed by atoms with E-state index in [2.05, 4.69) is 13.8 Å². The van der Waals surface area contributed by atoms with Crippen LogP contribution in [0.15, 0.2) is 0 Å². The second kappa shape index (κ2) is 6.05. The summed E-state index contributed by atoms with van der Waals surface area (Å²) in [4.78, 5) is 0. The SMILES string of the molecule is CCCCN([NH])CCC. The third-order valence-electron chi connectivity index (χ3n) is 1.28. The number of rotatable bonds is 5. The summed E-state index contributed by atoms with van der Waals surface area (Å²) in [5, 5.41) is 1.64. The first-order chi connectivity index (χ1) is 4.31. The summed E-state index contributed by atoms with van der Waals surface area (Å²) in [6, 6.07) is 0. The predicted molar refractivity (Wildman–Crippen MR) is 39.9 cm³/mol. The number of nitrogens with one attached hydrogen (secondary N) is 1. The van der Waals surface area contributed by atoms with Crippen molar-refractivity contribution in [1.29, 1.82) is 0 Å². The van der Waals surface area contributed by atoms with E-state index in [1.54, 1.807) is 5.01 Å². The van der Waals surface area contributed by atoms with Crippen LogP contribution in [-0.2, 0) is 0 Å². The molecule has 0 aliphatic heterocycles. The molecule has 2 heteroatoms. The molecule has 0 aromatic rings. The van der Waals surface area contributed by atoms with Crippen molar-refractivity contribution in [3.05, 3.63) is 0 Å². The third-order valence-corrected chi connectivity index (χ3v) is 1.28. The Morgan fingerprint density at radius 2 is 1.78 bits per heavy atom. The molecule has 2 nitrogen and oxygen atoms in total. The van der Waals surface area contributed by atoms with Gasteiger partial charge in [-0.25, -0.2) is 5.01 Å². The molecule has 0 bridgehead atoms. The maximum Gasteiger partial charge on any atom is 0.0144 e. The Kier molecular flexibility index (Phi) is 5.99. The van der Waals surface area contributed by atoms with Gasteiger partial charge in [0.15, 0.2) is 0 Å². The van der Waals surface area contributed by atoms with E-state index in [0.29, 0.717) is 0 Å². The Bertz CT molecular complexity index is 54.9. The predicted octanol–water partition coefficient (Wildman–Crippen LogP) is 1.70. The quantitative estimate of drug-likeness (QED) is 0.519. The lowest BCUT2D eigenvalue weighted by Crippen LogP contribution is -2.23. The number of hydrogen-bond acceptors (Lipinski definition) is 1. The molecule has 0 heterocycles. The minimum atomic E-state index is 0.917. The van der Waals surface area contributed by atoms with Gasteiger partial charge in [0.2, 0.25) is 0 Å². The molecule has 0 saturated carbocycles. The van der Waals surface area contributed by atoms with Gasteiger partial charge in [-0.1, -0.05) is 20.3 Å². The van der Waals surface area contributed by atoms with Gasteiger partial charge in [0.25, 0.3) is 0 Å². The standard InChI is InChI=1S/C7H17N2/c1-3-5-7-9(8)6-4-2/h8H,3-7H2,1-2H3. The summed E-state index contributed by atoms with van der Waals surface area (Å²) in [6.45, 7) is 6.11. The van der Waals surface area contributed by atoms with Crippen LogP contribution in [0.4, 0.5) is 0 Å². The Balaban J connectivity index is 2.95. The van der Waals surface area contributed by atoms with E-state index in [1.165, 1.54) is 6.42 Å². The topological polar surface area (TPSA) is 27.0 Å². The molecule has 0 aromatic heterocycles. The normalized spacial score (nSPS) is 10.7. The van der Waals surface area contributed by atoms with Gasteiger partial charge in [-0.15, -0.1) is 0 Å². The highest BCUT2D eigenvalue weighted by atomic mass is 15.4. The molecule has 0 spiro atoms. The molecule has 9 heavy (non-hydrogen) atoms. The van der Waals surface area contributed by atoms with Crippen LogP contribution >= 0.6 is 0 Å². The summed E-state index contributed by atoms with van der Waals surface area (Å²) < 4.78 is 0. The summed E-state index contributed by atoms with van der Waals surface area (Å²) in [7, 11) is 0. The van der Waals surface area contributed by atoms with Crippen molar-refractivity contribution in [2.75, 3.05) is 13.1 Å². The molecular formula is C7H17N2. The zero-order valence-corrected chi connectivity index (χ0v) is 6.48.